The van der Waals surface area contributed by atoms with E-state index in [1.54, 1.807) is 7.11 Å². The second-order valence-electron chi connectivity index (χ2n) is 4.17. The number of allylic oxidation sites excluding steroid dienone is 1. The standard InChI is InChI=1S/C14H18O2/c1-16-13-10-6-5-9-12(13)14(15)11-7-3-2-4-8-11/h2-4,7-9,13-15H,5-6,10H2,1H3/t13-,14+/m1/s1. The molecule has 2 nitrogen and oxygen atoms in total. The van der Waals surface area contributed by atoms with E-state index >= 15 is 0 Å². The minimum atomic E-state index is -0.522. The van der Waals surface area contributed by atoms with Crippen LogP contribution >= 0.6 is 0 Å². The van der Waals surface area contributed by atoms with E-state index in [9.17, 15) is 5.11 Å². The molecule has 1 aliphatic carbocycles. The highest BCUT2D eigenvalue weighted by Gasteiger charge is 2.24. The molecule has 0 heterocycles. The molecular formula is C14H18O2. The van der Waals surface area contributed by atoms with Crippen molar-refractivity contribution < 1.29 is 9.84 Å². The van der Waals surface area contributed by atoms with Gasteiger partial charge < -0.3 is 9.84 Å². The highest BCUT2D eigenvalue weighted by Crippen LogP contribution is 2.31. The van der Waals surface area contributed by atoms with Crippen LogP contribution in [-0.4, -0.2) is 18.3 Å². The molecule has 86 valence electrons. The predicted octanol–water partition coefficient (Wildman–Crippen LogP) is 2.85. The molecule has 0 fully saturated rings. The number of hydrogen-bond donors (Lipinski definition) is 1. The maximum absolute atomic E-state index is 10.3. The van der Waals surface area contributed by atoms with Crippen LogP contribution in [-0.2, 0) is 4.74 Å². The summed E-state index contributed by atoms with van der Waals surface area (Å²) in [5.74, 6) is 0. The summed E-state index contributed by atoms with van der Waals surface area (Å²) in [5.41, 5.74) is 1.96. The third-order valence-corrected chi connectivity index (χ3v) is 3.14. The Balaban J connectivity index is 2.20. The molecule has 1 aromatic carbocycles. The van der Waals surface area contributed by atoms with E-state index in [1.807, 2.05) is 30.3 Å². The molecule has 0 aromatic heterocycles. The van der Waals surface area contributed by atoms with Gasteiger partial charge in [0.2, 0.25) is 0 Å². The maximum atomic E-state index is 10.3. The van der Waals surface area contributed by atoms with E-state index in [1.165, 1.54) is 0 Å². The van der Waals surface area contributed by atoms with Gasteiger partial charge in [0, 0.05) is 7.11 Å². The summed E-state index contributed by atoms with van der Waals surface area (Å²) >= 11 is 0. The summed E-state index contributed by atoms with van der Waals surface area (Å²) in [4.78, 5) is 0. The Hall–Kier alpha value is -1.12. The van der Waals surface area contributed by atoms with Gasteiger partial charge in [-0.15, -0.1) is 0 Å². The van der Waals surface area contributed by atoms with Crippen LogP contribution in [0.4, 0.5) is 0 Å². The zero-order valence-corrected chi connectivity index (χ0v) is 9.60. The molecule has 0 aliphatic heterocycles. The first-order valence-electron chi connectivity index (χ1n) is 5.78. The highest BCUT2D eigenvalue weighted by molar-refractivity contribution is 5.28. The molecule has 0 unspecified atom stereocenters. The molecule has 16 heavy (non-hydrogen) atoms. The number of hydrogen-bond acceptors (Lipinski definition) is 2. The quantitative estimate of drug-likeness (QED) is 0.790. The van der Waals surface area contributed by atoms with E-state index < -0.39 is 6.10 Å². The van der Waals surface area contributed by atoms with Gasteiger partial charge in [-0.3, -0.25) is 0 Å². The summed E-state index contributed by atoms with van der Waals surface area (Å²) in [6.07, 6.45) is 4.86. The van der Waals surface area contributed by atoms with Crippen molar-refractivity contribution in [3.05, 3.63) is 47.5 Å². The molecule has 1 N–H and O–H groups in total. The topological polar surface area (TPSA) is 29.5 Å². The predicted molar refractivity (Wildman–Crippen MR) is 64.1 cm³/mol. The van der Waals surface area contributed by atoms with Gasteiger partial charge in [0.25, 0.3) is 0 Å². The third kappa shape index (κ3) is 2.34. The second-order valence-corrected chi connectivity index (χ2v) is 4.17. The molecule has 0 bridgehead atoms. The maximum Gasteiger partial charge on any atom is 0.103 e. The monoisotopic (exact) mass is 218 g/mol. The van der Waals surface area contributed by atoms with Crippen LogP contribution in [0.25, 0.3) is 0 Å². The number of aliphatic hydroxyl groups excluding tert-OH is 1. The van der Waals surface area contributed by atoms with Gasteiger partial charge in [-0.1, -0.05) is 36.4 Å². The molecule has 0 saturated heterocycles. The van der Waals surface area contributed by atoms with Gasteiger partial charge in [0.05, 0.1) is 6.10 Å². The Morgan fingerprint density at radius 2 is 2.06 bits per heavy atom. The molecule has 0 spiro atoms. The number of ether oxygens (including phenoxy) is 1. The van der Waals surface area contributed by atoms with E-state index in [-0.39, 0.29) is 6.10 Å². The van der Waals surface area contributed by atoms with E-state index in [0.717, 1.165) is 30.4 Å². The molecular weight excluding hydrogens is 200 g/mol. The average Bonchev–Trinajstić information content (AvgIpc) is 2.39. The SMILES string of the molecule is CO[C@@H]1CCCC=C1[C@@H](O)c1ccccc1. The van der Waals surface area contributed by atoms with Gasteiger partial charge in [-0.05, 0) is 30.4 Å². The molecule has 2 heteroatoms. The van der Waals surface area contributed by atoms with Crippen LogP contribution in [0.2, 0.25) is 0 Å². The number of methoxy groups -OCH3 is 1. The number of benzene rings is 1. The summed E-state index contributed by atoms with van der Waals surface area (Å²) in [6, 6.07) is 9.76. The minimum absolute atomic E-state index is 0.0731. The molecule has 2 rings (SSSR count). The second kappa shape index (κ2) is 5.28. The molecule has 0 saturated carbocycles. The molecule has 2 atom stereocenters. The lowest BCUT2D eigenvalue weighted by Crippen LogP contribution is -2.21. The van der Waals surface area contributed by atoms with Gasteiger partial charge >= 0.3 is 0 Å². The van der Waals surface area contributed by atoms with Crippen LogP contribution < -0.4 is 0 Å². The van der Waals surface area contributed by atoms with Crippen molar-refractivity contribution in [2.45, 2.75) is 31.5 Å². The van der Waals surface area contributed by atoms with E-state index in [4.69, 9.17) is 4.74 Å². The Morgan fingerprint density at radius 3 is 2.75 bits per heavy atom. The van der Waals surface area contributed by atoms with Gasteiger partial charge in [-0.2, -0.15) is 0 Å². The van der Waals surface area contributed by atoms with Crippen LogP contribution in [0, 0.1) is 0 Å². The normalized spacial score (nSPS) is 22.6. The van der Waals surface area contributed by atoms with Crippen molar-refractivity contribution in [2.24, 2.45) is 0 Å². The zero-order valence-electron chi connectivity index (χ0n) is 9.60. The van der Waals surface area contributed by atoms with Crippen molar-refractivity contribution in [1.29, 1.82) is 0 Å². The van der Waals surface area contributed by atoms with Crippen LogP contribution in [0.3, 0.4) is 0 Å². The number of rotatable bonds is 3. The minimum Gasteiger partial charge on any atom is -0.384 e. The Morgan fingerprint density at radius 1 is 1.31 bits per heavy atom. The van der Waals surface area contributed by atoms with Crippen molar-refractivity contribution in [2.75, 3.05) is 7.11 Å². The Bertz CT molecular complexity index is 356. The van der Waals surface area contributed by atoms with Crippen LogP contribution in [0.1, 0.15) is 30.9 Å². The fraction of sp³-hybridized carbons (Fsp3) is 0.429. The summed E-state index contributed by atoms with van der Waals surface area (Å²) in [7, 11) is 1.71. The lowest BCUT2D eigenvalue weighted by Gasteiger charge is -2.26. The first-order chi connectivity index (χ1) is 7.83. The lowest BCUT2D eigenvalue weighted by molar-refractivity contribution is 0.0859. The van der Waals surface area contributed by atoms with Gasteiger partial charge in [0.15, 0.2) is 0 Å². The Labute approximate surface area is 96.6 Å². The summed E-state index contributed by atoms with van der Waals surface area (Å²) in [6.45, 7) is 0. The molecule has 0 amide bonds. The highest BCUT2D eigenvalue weighted by atomic mass is 16.5. The first-order valence-corrected chi connectivity index (χ1v) is 5.78. The molecule has 1 aromatic rings. The zero-order chi connectivity index (χ0) is 11.4. The third-order valence-electron chi connectivity index (χ3n) is 3.14. The summed E-state index contributed by atoms with van der Waals surface area (Å²) in [5, 5.41) is 10.3. The summed E-state index contributed by atoms with van der Waals surface area (Å²) < 4.78 is 5.42. The smallest absolute Gasteiger partial charge is 0.103 e. The fourth-order valence-electron chi connectivity index (χ4n) is 2.24. The van der Waals surface area contributed by atoms with Crippen molar-refractivity contribution in [1.82, 2.24) is 0 Å². The molecule has 0 radical (unpaired) electrons. The van der Waals surface area contributed by atoms with Crippen LogP contribution in [0.15, 0.2) is 42.0 Å². The van der Waals surface area contributed by atoms with Crippen molar-refractivity contribution in [3.8, 4) is 0 Å². The first kappa shape index (κ1) is 11.4. The van der Waals surface area contributed by atoms with Crippen molar-refractivity contribution >= 4 is 0 Å². The average molecular weight is 218 g/mol. The van der Waals surface area contributed by atoms with Crippen LogP contribution in [0.5, 0.6) is 0 Å². The number of aliphatic hydroxyl groups is 1. The molecule has 1 aliphatic rings. The largest absolute Gasteiger partial charge is 0.384 e. The lowest BCUT2D eigenvalue weighted by atomic mass is 9.89. The van der Waals surface area contributed by atoms with Gasteiger partial charge in [-0.25, -0.2) is 0 Å². The Kier molecular flexibility index (Phi) is 3.75. The van der Waals surface area contributed by atoms with Gasteiger partial charge in [0.1, 0.15) is 6.10 Å². The van der Waals surface area contributed by atoms with E-state index in [2.05, 4.69) is 6.08 Å². The fourth-order valence-corrected chi connectivity index (χ4v) is 2.24. The van der Waals surface area contributed by atoms with E-state index in [0.29, 0.717) is 0 Å². The van der Waals surface area contributed by atoms with Crippen molar-refractivity contribution in [3.63, 3.8) is 0 Å².